The van der Waals surface area contributed by atoms with Crippen molar-refractivity contribution in [3.63, 3.8) is 0 Å². The van der Waals surface area contributed by atoms with Gasteiger partial charge in [-0.3, -0.25) is 4.72 Å². The normalized spacial score (nSPS) is 13.2. The summed E-state index contributed by atoms with van der Waals surface area (Å²) >= 11 is 5.79. The van der Waals surface area contributed by atoms with Gasteiger partial charge in [0.2, 0.25) is 6.79 Å². The van der Waals surface area contributed by atoms with Gasteiger partial charge in [0.1, 0.15) is 10.0 Å². The van der Waals surface area contributed by atoms with Gasteiger partial charge in [-0.1, -0.05) is 11.6 Å². The van der Waals surface area contributed by atoms with Crippen LogP contribution >= 0.6 is 11.6 Å². The van der Waals surface area contributed by atoms with Crippen molar-refractivity contribution in [2.75, 3.05) is 11.5 Å². The quantitative estimate of drug-likeness (QED) is 0.880. The minimum absolute atomic E-state index is 0.0826. The summed E-state index contributed by atoms with van der Waals surface area (Å²) in [5.74, 6) is 1.06. The third kappa shape index (κ3) is 2.37. The standard InChI is InChI=1S/C12H9ClN2O4S/c13-12-11(2-1-5-14-12)20(16,17)15-8-3-4-9-10(6-8)19-7-18-9/h1-6,15H,7H2. The molecule has 0 saturated heterocycles. The predicted molar refractivity (Wildman–Crippen MR) is 72.6 cm³/mol. The number of anilines is 1. The van der Waals surface area contributed by atoms with E-state index in [1.807, 2.05) is 0 Å². The van der Waals surface area contributed by atoms with E-state index in [0.717, 1.165) is 0 Å². The van der Waals surface area contributed by atoms with Crippen LogP contribution in [0.5, 0.6) is 11.5 Å². The summed E-state index contributed by atoms with van der Waals surface area (Å²) in [4.78, 5) is 3.66. The molecular formula is C12H9ClN2O4S. The molecule has 0 unspecified atom stereocenters. The Hall–Kier alpha value is -1.99. The van der Waals surface area contributed by atoms with Crippen LogP contribution in [0.3, 0.4) is 0 Å². The summed E-state index contributed by atoms with van der Waals surface area (Å²) in [6, 6.07) is 7.63. The molecule has 0 aliphatic carbocycles. The average Bonchev–Trinajstić information content (AvgIpc) is 2.86. The molecule has 20 heavy (non-hydrogen) atoms. The number of hydrogen-bond donors (Lipinski definition) is 1. The highest BCUT2D eigenvalue weighted by atomic mass is 35.5. The minimum atomic E-state index is -3.80. The van der Waals surface area contributed by atoms with Crippen LogP contribution in [0.2, 0.25) is 5.15 Å². The lowest BCUT2D eigenvalue weighted by Gasteiger charge is -2.09. The van der Waals surface area contributed by atoms with Crippen LogP contribution in [0.1, 0.15) is 0 Å². The number of fused-ring (bicyclic) bond motifs is 1. The number of nitrogens with one attached hydrogen (secondary N) is 1. The van der Waals surface area contributed by atoms with Crippen LogP contribution in [-0.4, -0.2) is 20.2 Å². The van der Waals surface area contributed by atoms with Crippen molar-refractivity contribution in [1.82, 2.24) is 4.98 Å². The van der Waals surface area contributed by atoms with Gasteiger partial charge in [0.05, 0.1) is 5.69 Å². The van der Waals surface area contributed by atoms with E-state index in [-0.39, 0.29) is 16.8 Å². The number of pyridine rings is 1. The van der Waals surface area contributed by atoms with Gasteiger partial charge in [-0.2, -0.15) is 0 Å². The third-order valence-corrected chi connectivity index (χ3v) is 4.47. The number of hydrogen-bond acceptors (Lipinski definition) is 5. The Kier molecular flexibility index (Phi) is 3.15. The Morgan fingerprint density at radius 1 is 1.20 bits per heavy atom. The van der Waals surface area contributed by atoms with Gasteiger partial charge in [-0.15, -0.1) is 0 Å². The van der Waals surface area contributed by atoms with Crippen molar-refractivity contribution in [1.29, 1.82) is 0 Å². The van der Waals surface area contributed by atoms with Crippen molar-refractivity contribution in [3.8, 4) is 11.5 Å². The zero-order valence-electron chi connectivity index (χ0n) is 10.0. The maximum atomic E-state index is 12.2. The highest BCUT2D eigenvalue weighted by molar-refractivity contribution is 7.92. The Morgan fingerprint density at radius 2 is 2.00 bits per heavy atom. The summed E-state index contributed by atoms with van der Waals surface area (Å²) in [5, 5.41) is -0.0826. The number of rotatable bonds is 3. The molecule has 1 aliphatic rings. The first-order chi connectivity index (χ1) is 9.56. The van der Waals surface area contributed by atoms with Gasteiger partial charge in [-0.05, 0) is 24.3 Å². The van der Waals surface area contributed by atoms with Gasteiger partial charge >= 0.3 is 0 Å². The number of sulfonamides is 1. The number of nitrogens with zero attached hydrogens (tertiary/aromatic N) is 1. The molecule has 0 saturated carbocycles. The van der Waals surface area contributed by atoms with Crippen molar-refractivity contribution >= 4 is 27.3 Å². The van der Waals surface area contributed by atoms with E-state index < -0.39 is 10.0 Å². The molecule has 3 rings (SSSR count). The summed E-state index contributed by atoms with van der Waals surface area (Å²) in [7, 11) is -3.80. The molecule has 8 heteroatoms. The molecule has 0 fully saturated rings. The number of benzene rings is 1. The molecule has 1 aromatic heterocycles. The molecule has 0 atom stereocenters. The van der Waals surface area contributed by atoms with Crippen molar-refractivity contribution < 1.29 is 17.9 Å². The Morgan fingerprint density at radius 3 is 2.80 bits per heavy atom. The lowest BCUT2D eigenvalue weighted by molar-refractivity contribution is 0.174. The maximum Gasteiger partial charge on any atom is 0.264 e. The largest absolute Gasteiger partial charge is 0.454 e. The molecule has 1 aromatic carbocycles. The second-order valence-corrected chi connectivity index (χ2v) is 5.97. The third-order valence-electron chi connectivity index (χ3n) is 2.64. The second-order valence-electron chi connectivity index (χ2n) is 3.97. The SMILES string of the molecule is O=S(=O)(Nc1ccc2c(c1)OCO2)c1cccnc1Cl. The fraction of sp³-hybridized carbons (Fsp3) is 0.0833. The lowest BCUT2D eigenvalue weighted by atomic mass is 10.3. The molecule has 0 bridgehead atoms. The average molecular weight is 313 g/mol. The molecule has 0 spiro atoms. The highest BCUT2D eigenvalue weighted by Crippen LogP contribution is 2.35. The van der Waals surface area contributed by atoms with E-state index in [9.17, 15) is 8.42 Å². The van der Waals surface area contributed by atoms with Gasteiger partial charge in [0.25, 0.3) is 10.0 Å². The summed E-state index contributed by atoms with van der Waals surface area (Å²) < 4.78 is 37.2. The van der Waals surface area contributed by atoms with Gasteiger partial charge in [0, 0.05) is 12.3 Å². The molecule has 1 N–H and O–H groups in total. The number of halogens is 1. The lowest BCUT2D eigenvalue weighted by Crippen LogP contribution is -2.13. The van der Waals surface area contributed by atoms with Crippen LogP contribution < -0.4 is 14.2 Å². The van der Waals surface area contributed by atoms with Crippen LogP contribution in [0.15, 0.2) is 41.4 Å². The van der Waals surface area contributed by atoms with E-state index in [1.54, 1.807) is 18.2 Å². The van der Waals surface area contributed by atoms with Crippen LogP contribution in [0, 0.1) is 0 Å². The molecule has 2 aromatic rings. The topological polar surface area (TPSA) is 77.5 Å². The summed E-state index contributed by atoms with van der Waals surface area (Å²) in [5.41, 5.74) is 0.356. The van der Waals surface area contributed by atoms with Crippen LogP contribution in [-0.2, 0) is 10.0 Å². The molecular weight excluding hydrogens is 304 g/mol. The fourth-order valence-electron chi connectivity index (χ4n) is 1.74. The molecule has 2 heterocycles. The Balaban J connectivity index is 1.93. The second kappa shape index (κ2) is 4.84. The zero-order valence-corrected chi connectivity index (χ0v) is 11.6. The Labute approximate surface area is 120 Å². The maximum absolute atomic E-state index is 12.2. The number of ether oxygens (including phenoxy) is 2. The highest BCUT2D eigenvalue weighted by Gasteiger charge is 2.20. The minimum Gasteiger partial charge on any atom is -0.454 e. The van der Waals surface area contributed by atoms with Crippen molar-refractivity contribution in [2.45, 2.75) is 4.90 Å². The van der Waals surface area contributed by atoms with E-state index in [0.29, 0.717) is 17.2 Å². The zero-order chi connectivity index (χ0) is 14.2. The first-order valence-electron chi connectivity index (χ1n) is 5.59. The molecule has 6 nitrogen and oxygen atoms in total. The number of aromatic nitrogens is 1. The molecule has 104 valence electrons. The van der Waals surface area contributed by atoms with Crippen molar-refractivity contribution in [2.24, 2.45) is 0 Å². The van der Waals surface area contributed by atoms with E-state index in [4.69, 9.17) is 21.1 Å². The monoisotopic (exact) mass is 312 g/mol. The van der Waals surface area contributed by atoms with Gasteiger partial charge in [-0.25, -0.2) is 13.4 Å². The van der Waals surface area contributed by atoms with Crippen LogP contribution in [0.4, 0.5) is 5.69 Å². The molecule has 0 radical (unpaired) electrons. The first kappa shape index (κ1) is 13.0. The Bertz CT molecular complexity index is 764. The van der Waals surface area contributed by atoms with E-state index in [1.165, 1.54) is 18.3 Å². The van der Waals surface area contributed by atoms with Crippen molar-refractivity contribution in [3.05, 3.63) is 41.7 Å². The smallest absolute Gasteiger partial charge is 0.264 e. The summed E-state index contributed by atoms with van der Waals surface area (Å²) in [6.45, 7) is 0.125. The van der Waals surface area contributed by atoms with E-state index >= 15 is 0 Å². The van der Waals surface area contributed by atoms with Gasteiger partial charge in [0.15, 0.2) is 11.5 Å². The first-order valence-corrected chi connectivity index (χ1v) is 7.45. The van der Waals surface area contributed by atoms with E-state index in [2.05, 4.69) is 9.71 Å². The van der Waals surface area contributed by atoms with Crippen LogP contribution in [0.25, 0.3) is 0 Å². The van der Waals surface area contributed by atoms with Gasteiger partial charge < -0.3 is 9.47 Å². The predicted octanol–water partition coefficient (Wildman–Crippen LogP) is 2.26. The summed E-state index contributed by atoms with van der Waals surface area (Å²) in [6.07, 6.45) is 1.42. The fourth-order valence-corrected chi connectivity index (χ4v) is 3.25. The molecule has 0 amide bonds. The molecule has 1 aliphatic heterocycles.